The van der Waals surface area contributed by atoms with E-state index < -0.39 is 0 Å². The second-order valence-corrected chi connectivity index (χ2v) is 5.82. The zero-order valence-corrected chi connectivity index (χ0v) is 11.0. The minimum atomic E-state index is 0.262. The van der Waals surface area contributed by atoms with Gasteiger partial charge in [0.25, 0.3) is 0 Å². The Balaban J connectivity index is 1.68. The standard InChI is InChI=1S/C14H26N2O/c1-11(13-6-2-3-7-13)16-14(17)9-12-5-4-8-15-10-12/h11-13,15H,2-10H2,1H3,(H,16,17)/t11-,12?/m1/s1. The van der Waals surface area contributed by atoms with Gasteiger partial charge in [0, 0.05) is 12.5 Å². The molecule has 2 aliphatic rings. The quantitative estimate of drug-likeness (QED) is 0.787. The molecule has 3 heteroatoms. The average molecular weight is 238 g/mol. The van der Waals surface area contributed by atoms with Crippen LogP contribution in [-0.4, -0.2) is 25.0 Å². The summed E-state index contributed by atoms with van der Waals surface area (Å²) >= 11 is 0. The normalized spacial score (nSPS) is 27.9. The van der Waals surface area contributed by atoms with Crippen LogP contribution in [0, 0.1) is 11.8 Å². The maximum atomic E-state index is 11.9. The van der Waals surface area contributed by atoms with Crippen LogP contribution in [0.1, 0.15) is 51.9 Å². The molecule has 0 aromatic rings. The maximum Gasteiger partial charge on any atom is 0.220 e. The lowest BCUT2D eigenvalue weighted by Crippen LogP contribution is -2.40. The van der Waals surface area contributed by atoms with Crippen molar-refractivity contribution in [2.45, 2.75) is 57.9 Å². The minimum Gasteiger partial charge on any atom is -0.353 e. The molecule has 2 atom stereocenters. The molecule has 3 nitrogen and oxygen atoms in total. The topological polar surface area (TPSA) is 41.1 Å². The van der Waals surface area contributed by atoms with E-state index in [0.29, 0.717) is 18.4 Å². The number of rotatable bonds is 4. The fourth-order valence-corrected chi connectivity index (χ4v) is 3.25. The van der Waals surface area contributed by atoms with E-state index in [1.54, 1.807) is 0 Å². The molecule has 1 aliphatic carbocycles. The molecule has 0 bridgehead atoms. The fraction of sp³-hybridized carbons (Fsp3) is 0.929. The molecule has 0 spiro atoms. The van der Waals surface area contributed by atoms with Crippen LogP contribution in [0.15, 0.2) is 0 Å². The van der Waals surface area contributed by atoms with Crippen LogP contribution in [-0.2, 0) is 4.79 Å². The zero-order chi connectivity index (χ0) is 12.1. The number of amides is 1. The maximum absolute atomic E-state index is 11.9. The average Bonchev–Trinajstić information content (AvgIpc) is 2.83. The summed E-state index contributed by atoms with van der Waals surface area (Å²) in [6.45, 7) is 4.31. The summed E-state index contributed by atoms with van der Waals surface area (Å²) in [4.78, 5) is 11.9. The first-order chi connectivity index (χ1) is 8.25. The van der Waals surface area contributed by atoms with Gasteiger partial charge in [-0.25, -0.2) is 0 Å². The Labute approximate surface area is 105 Å². The first-order valence-electron chi connectivity index (χ1n) is 7.26. The van der Waals surface area contributed by atoms with Crippen LogP contribution >= 0.6 is 0 Å². The minimum absolute atomic E-state index is 0.262. The molecule has 0 radical (unpaired) electrons. The van der Waals surface area contributed by atoms with E-state index in [4.69, 9.17) is 0 Å². The first kappa shape index (κ1) is 12.9. The van der Waals surface area contributed by atoms with Crippen molar-refractivity contribution in [1.82, 2.24) is 10.6 Å². The molecule has 0 aromatic heterocycles. The summed E-state index contributed by atoms with van der Waals surface area (Å²) in [5.41, 5.74) is 0. The monoisotopic (exact) mass is 238 g/mol. The van der Waals surface area contributed by atoms with Crippen molar-refractivity contribution in [3.8, 4) is 0 Å². The fourth-order valence-electron chi connectivity index (χ4n) is 3.25. The highest BCUT2D eigenvalue weighted by Gasteiger charge is 2.24. The Morgan fingerprint density at radius 2 is 2.06 bits per heavy atom. The molecule has 1 heterocycles. The van der Waals surface area contributed by atoms with E-state index in [9.17, 15) is 4.79 Å². The molecule has 1 amide bonds. The van der Waals surface area contributed by atoms with E-state index in [1.165, 1.54) is 38.5 Å². The molecule has 1 aliphatic heterocycles. The third-order valence-electron chi connectivity index (χ3n) is 4.37. The lowest BCUT2D eigenvalue weighted by molar-refractivity contribution is -0.123. The Morgan fingerprint density at radius 3 is 2.71 bits per heavy atom. The van der Waals surface area contributed by atoms with Crippen molar-refractivity contribution in [2.24, 2.45) is 11.8 Å². The van der Waals surface area contributed by atoms with Gasteiger partial charge in [-0.3, -0.25) is 4.79 Å². The SMILES string of the molecule is C[C@@H](NC(=O)CC1CCCNC1)C1CCCC1. The summed E-state index contributed by atoms with van der Waals surface area (Å²) in [7, 11) is 0. The van der Waals surface area contributed by atoms with Crippen LogP contribution in [0.3, 0.4) is 0 Å². The lowest BCUT2D eigenvalue weighted by atomic mass is 9.95. The van der Waals surface area contributed by atoms with Gasteiger partial charge in [0.2, 0.25) is 5.91 Å². The zero-order valence-electron chi connectivity index (χ0n) is 11.0. The Bertz CT molecular complexity index is 243. The van der Waals surface area contributed by atoms with Crippen molar-refractivity contribution in [3.05, 3.63) is 0 Å². The molecular formula is C14H26N2O. The highest BCUT2D eigenvalue weighted by atomic mass is 16.1. The second-order valence-electron chi connectivity index (χ2n) is 5.82. The number of carbonyl (C=O) groups is 1. The number of hydrogen-bond acceptors (Lipinski definition) is 2. The van der Waals surface area contributed by atoms with Crippen molar-refractivity contribution < 1.29 is 4.79 Å². The molecule has 0 aromatic carbocycles. The van der Waals surface area contributed by atoms with Crippen LogP contribution in [0.5, 0.6) is 0 Å². The van der Waals surface area contributed by atoms with Gasteiger partial charge in [0.15, 0.2) is 0 Å². The Morgan fingerprint density at radius 1 is 1.29 bits per heavy atom. The summed E-state index contributed by atoms with van der Waals surface area (Å²) in [5, 5.41) is 6.57. The number of piperidine rings is 1. The number of carbonyl (C=O) groups excluding carboxylic acids is 1. The summed E-state index contributed by atoms with van der Waals surface area (Å²) in [5.74, 6) is 1.54. The van der Waals surface area contributed by atoms with Gasteiger partial charge in [-0.1, -0.05) is 12.8 Å². The molecule has 1 saturated carbocycles. The van der Waals surface area contributed by atoms with Crippen molar-refractivity contribution >= 4 is 5.91 Å². The van der Waals surface area contributed by atoms with Crippen LogP contribution in [0.2, 0.25) is 0 Å². The van der Waals surface area contributed by atoms with Crippen LogP contribution in [0.25, 0.3) is 0 Å². The van der Waals surface area contributed by atoms with Gasteiger partial charge in [0.1, 0.15) is 0 Å². The van der Waals surface area contributed by atoms with Crippen molar-refractivity contribution in [1.29, 1.82) is 0 Å². The third-order valence-corrected chi connectivity index (χ3v) is 4.37. The van der Waals surface area contributed by atoms with E-state index in [2.05, 4.69) is 17.6 Å². The summed E-state index contributed by atoms with van der Waals surface area (Å²) < 4.78 is 0. The van der Waals surface area contributed by atoms with Crippen LogP contribution < -0.4 is 10.6 Å². The lowest BCUT2D eigenvalue weighted by Gasteiger charge is -2.25. The molecule has 98 valence electrons. The molecule has 2 fully saturated rings. The second kappa shape index (κ2) is 6.39. The molecule has 1 saturated heterocycles. The van der Waals surface area contributed by atoms with Gasteiger partial charge in [0.05, 0.1) is 0 Å². The number of nitrogens with one attached hydrogen (secondary N) is 2. The molecule has 1 unspecified atom stereocenters. The van der Waals surface area contributed by atoms with E-state index in [0.717, 1.165) is 19.0 Å². The van der Waals surface area contributed by atoms with Crippen molar-refractivity contribution in [3.63, 3.8) is 0 Å². The largest absolute Gasteiger partial charge is 0.353 e. The highest BCUT2D eigenvalue weighted by molar-refractivity contribution is 5.76. The molecule has 2 rings (SSSR count). The first-order valence-corrected chi connectivity index (χ1v) is 7.26. The Hall–Kier alpha value is -0.570. The smallest absolute Gasteiger partial charge is 0.220 e. The molecular weight excluding hydrogens is 212 g/mol. The van der Waals surface area contributed by atoms with Gasteiger partial charge in [-0.15, -0.1) is 0 Å². The summed E-state index contributed by atoms with van der Waals surface area (Å²) in [6, 6.07) is 0.376. The highest BCUT2D eigenvalue weighted by Crippen LogP contribution is 2.27. The Kier molecular flexibility index (Phi) is 4.84. The molecule has 17 heavy (non-hydrogen) atoms. The van der Waals surface area contributed by atoms with E-state index in [1.807, 2.05) is 0 Å². The van der Waals surface area contributed by atoms with Gasteiger partial charge >= 0.3 is 0 Å². The van der Waals surface area contributed by atoms with E-state index >= 15 is 0 Å². The van der Waals surface area contributed by atoms with E-state index in [-0.39, 0.29) is 5.91 Å². The van der Waals surface area contributed by atoms with Crippen molar-refractivity contribution in [2.75, 3.05) is 13.1 Å². The van der Waals surface area contributed by atoms with Gasteiger partial charge < -0.3 is 10.6 Å². The summed E-state index contributed by atoms with van der Waals surface area (Å²) in [6.07, 6.45) is 8.42. The molecule has 2 N–H and O–H groups in total. The van der Waals surface area contributed by atoms with Gasteiger partial charge in [-0.05, 0) is 57.5 Å². The predicted molar refractivity (Wildman–Crippen MR) is 69.8 cm³/mol. The van der Waals surface area contributed by atoms with Crippen LogP contribution in [0.4, 0.5) is 0 Å². The third kappa shape index (κ3) is 3.98. The number of hydrogen-bond donors (Lipinski definition) is 2. The predicted octanol–water partition coefficient (Wildman–Crippen LogP) is 2.07. The van der Waals surface area contributed by atoms with Gasteiger partial charge in [-0.2, -0.15) is 0 Å².